The Morgan fingerprint density at radius 1 is 1.28 bits per heavy atom. The molecule has 1 rings (SSSR count). The lowest BCUT2D eigenvalue weighted by atomic mass is 10.3. The first kappa shape index (κ1) is 13.7. The van der Waals surface area contributed by atoms with Gasteiger partial charge in [-0.2, -0.15) is 13.2 Å². The summed E-state index contributed by atoms with van der Waals surface area (Å²) in [5, 5.41) is 10.3. The molecule has 0 radical (unpaired) electrons. The number of hydrogen-bond acceptors (Lipinski definition) is 4. The Kier molecular flexibility index (Phi) is 3.70. The predicted octanol–water partition coefficient (Wildman–Crippen LogP) is 2.62. The van der Waals surface area contributed by atoms with Crippen molar-refractivity contribution < 1.29 is 27.6 Å². The van der Waals surface area contributed by atoms with Gasteiger partial charge in [0, 0.05) is 12.1 Å². The second kappa shape index (κ2) is 4.86. The lowest BCUT2D eigenvalue weighted by Crippen LogP contribution is -2.26. The van der Waals surface area contributed by atoms with Crippen molar-refractivity contribution in [2.24, 2.45) is 0 Å². The van der Waals surface area contributed by atoms with Gasteiger partial charge in [0.25, 0.3) is 5.69 Å². The number of nitro benzene ring substituents is 1. The summed E-state index contributed by atoms with van der Waals surface area (Å²) in [6, 6.07) is 4.18. The quantitative estimate of drug-likeness (QED) is 0.361. The molecule has 0 atom stereocenters. The van der Waals surface area contributed by atoms with Crippen LogP contribution in [-0.2, 0) is 4.79 Å². The average Bonchev–Trinajstić information content (AvgIpc) is 2.27. The number of ether oxygens (including phenoxy) is 1. The van der Waals surface area contributed by atoms with E-state index in [0.717, 1.165) is 24.3 Å². The third kappa shape index (κ3) is 3.30. The first-order valence-corrected chi connectivity index (χ1v) is 4.44. The van der Waals surface area contributed by atoms with Crippen LogP contribution in [0.25, 0.3) is 0 Å². The molecular weight excluding hydrogens is 255 g/mol. The lowest BCUT2D eigenvalue weighted by molar-refractivity contribution is -0.384. The number of nitrogens with zero attached hydrogens (tertiary/aromatic N) is 1. The standard InChI is InChI=1S/C10H6F3NO4/c1-6(9(15)10(11,12)13)18-8-4-2-7(3-5-8)14(16)17/h2-5H,1H2. The van der Waals surface area contributed by atoms with E-state index in [1.165, 1.54) is 0 Å². The zero-order valence-electron chi connectivity index (χ0n) is 8.73. The number of allylic oxidation sites excluding steroid dienone is 1. The highest BCUT2D eigenvalue weighted by Crippen LogP contribution is 2.23. The number of carbonyl (C=O) groups excluding carboxylic acids is 1. The minimum atomic E-state index is -5.07. The maximum atomic E-state index is 12.0. The van der Waals surface area contributed by atoms with E-state index in [4.69, 9.17) is 0 Å². The number of non-ortho nitro benzene ring substituents is 1. The van der Waals surface area contributed by atoms with Crippen LogP contribution in [-0.4, -0.2) is 16.9 Å². The fourth-order valence-corrected chi connectivity index (χ4v) is 0.983. The van der Waals surface area contributed by atoms with Gasteiger partial charge in [0.1, 0.15) is 5.75 Å². The van der Waals surface area contributed by atoms with E-state index < -0.39 is 22.6 Å². The molecule has 5 nitrogen and oxygen atoms in total. The molecule has 0 spiro atoms. The molecule has 0 bridgehead atoms. The Morgan fingerprint density at radius 3 is 2.17 bits per heavy atom. The molecule has 1 aromatic rings. The van der Waals surface area contributed by atoms with Crippen molar-refractivity contribution in [2.45, 2.75) is 6.18 Å². The van der Waals surface area contributed by atoms with Crippen LogP contribution in [0.1, 0.15) is 0 Å². The van der Waals surface area contributed by atoms with Crippen LogP contribution in [0, 0.1) is 10.1 Å². The smallest absolute Gasteiger partial charge is 0.454 e. The number of rotatable bonds is 4. The van der Waals surface area contributed by atoms with Gasteiger partial charge in [-0.15, -0.1) is 0 Å². The van der Waals surface area contributed by atoms with Gasteiger partial charge >= 0.3 is 12.0 Å². The van der Waals surface area contributed by atoms with Gasteiger partial charge in [-0.05, 0) is 12.1 Å². The van der Waals surface area contributed by atoms with Gasteiger partial charge in [-0.3, -0.25) is 14.9 Å². The molecule has 0 saturated heterocycles. The Balaban J connectivity index is 2.77. The van der Waals surface area contributed by atoms with Crippen molar-refractivity contribution in [3.63, 3.8) is 0 Å². The molecule has 0 aliphatic carbocycles. The van der Waals surface area contributed by atoms with Crippen LogP contribution >= 0.6 is 0 Å². The topological polar surface area (TPSA) is 69.4 Å². The second-order valence-electron chi connectivity index (χ2n) is 3.10. The van der Waals surface area contributed by atoms with E-state index in [0.29, 0.717) is 0 Å². The van der Waals surface area contributed by atoms with Crippen LogP contribution in [0.15, 0.2) is 36.6 Å². The zero-order chi connectivity index (χ0) is 13.9. The zero-order valence-corrected chi connectivity index (χ0v) is 8.73. The summed E-state index contributed by atoms with van der Waals surface area (Å²) in [6.45, 7) is 2.85. The van der Waals surface area contributed by atoms with E-state index in [2.05, 4.69) is 11.3 Å². The largest absolute Gasteiger partial charge is 0.458 e. The fraction of sp³-hybridized carbons (Fsp3) is 0.100. The summed E-state index contributed by atoms with van der Waals surface area (Å²) in [5.41, 5.74) is -0.255. The number of halogens is 3. The van der Waals surface area contributed by atoms with Gasteiger partial charge in [0.2, 0.25) is 0 Å². The third-order valence-corrected chi connectivity index (χ3v) is 1.80. The van der Waals surface area contributed by atoms with Crippen molar-refractivity contribution in [2.75, 3.05) is 0 Å². The van der Waals surface area contributed by atoms with Crippen molar-refractivity contribution in [1.29, 1.82) is 0 Å². The highest BCUT2D eigenvalue weighted by molar-refractivity contribution is 5.97. The number of benzene rings is 1. The number of alkyl halides is 3. The molecule has 0 aromatic heterocycles. The Hall–Kier alpha value is -2.38. The number of carbonyl (C=O) groups is 1. The summed E-state index contributed by atoms with van der Waals surface area (Å²) >= 11 is 0. The molecule has 96 valence electrons. The maximum absolute atomic E-state index is 12.0. The Morgan fingerprint density at radius 2 is 1.78 bits per heavy atom. The van der Waals surface area contributed by atoms with Crippen molar-refractivity contribution in [1.82, 2.24) is 0 Å². The van der Waals surface area contributed by atoms with Crippen LogP contribution < -0.4 is 4.74 Å². The number of hydrogen-bond donors (Lipinski definition) is 0. The van der Waals surface area contributed by atoms with E-state index in [1.54, 1.807) is 0 Å². The molecule has 0 saturated carbocycles. The molecule has 1 aromatic carbocycles. The van der Waals surface area contributed by atoms with E-state index >= 15 is 0 Å². The highest BCUT2D eigenvalue weighted by Gasteiger charge is 2.41. The normalized spacial score (nSPS) is 10.8. The average molecular weight is 261 g/mol. The molecule has 0 amide bonds. The van der Waals surface area contributed by atoms with Crippen LogP contribution in [0.5, 0.6) is 5.75 Å². The Bertz CT molecular complexity index is 493. The molecule has 0 unspecified atom stereocenters. The van der Waals surface area contributed by atoms with Crippen LogP contribution in [0.3, 0.4) is 0 Å². The summed E-state index contributed by atoms with van der Waals surface area (Å²) in [5.74, 6) is -3.46. The summed E-state index contributed by atoms with van der Waals surface area (Å²) in [7, 11) is 0. The lowest BCUT2D eigenvalue weighted by Gasteiger charge is -2.09. The van der Waals surface area contributed by atoms with E-state index in [9.17, 15) is 28.1 Å². The van der Waals surface area contributed by atoms with Gasteiger partial charge in [-0.25, -0.2) is 0 Å². The van der Waals surface area contributed by atoms with Gasteiger partial charge < -0.3 is 4.74 Å². The van der Waals surface area contributed by atoms with Gasteiger partial charge in [-0.1, -0.05) is 6.58 Å². The van der Waals surface area contributed by atoms with Gasteiger partial charge in [0.05, 0.1) is 4.92 Å². The summed E-state index contributed by atoms with van der Waals surface area (Å²) in [4.78, 5) is 20.3. The molecular formula is C10H6F3NO4. The number of ketones is 1. The molecule has 0 N–H and O–H groups in total. The molecule has 18 heavy (non-hydrogen) atoms. The third-order valence-electron chi connectivity index (χ3n) is 1.80. The fourth-order valence-electron chi connectivity index (χ4n) is 0.983. The van der Waals surface area contributed by atoms with Crippen molar-refractivity contribution in [3.05, 3.63) is 46.7 Å². The van der Waals surface area contributed by atoms with Crippen molar-refractivity contribution in [3.8, 4) is 5.75 Å². The SMILES string of the molecule is C=C(Oc1ccc([N+](=O)[O-])cc1)C(=O)C(F)(F)F. The van der Waals surface area contributed by atoms with E-state index in [-0.39, 0.29) is 11.4 Å². The second-order valence-corrected chi connectivity index (χ2v) is 3.10. The molecule has 0 aliphatic rings. The molecule has 8 heteroatoms. The molecule has 0 heterocycles. The minimum Gasteiger partial charge on any atom is -0.454 e. The maximum Gasteiger partial charge on any atom is 0.458 e. The minimum absolute atomic E-state index is 0.150. The van der Waals surface area contributed by atoms with Crippen LogP contribution in [0.2, 0.25) is 0 Å². The molecule has 0 fully saturated rings. The highest BCUT2D eigenvalue weighted by atomic mass is 19.4. The first-order chi connectivity index (χ1) is 8.21. The summed E-state index contributed by atoms with van der Waals surface area (Å²) in [6.07, 6.45) is -5.07. The van der Waals surface area contributed by atoms with Crippen molar-refractivity contribution >= 4 is 11.5 Å². The first-order valence-electron chi connectivity index (χ1n) is 4.44. The van der Waals surface area contributed by atoms with Crippen LogP contribution in [0.4, 0.5) is 18.9 Å². The Labute approximate surface area is 98.6 Å². The number of Topliss-reactive ketones (excluding diaryl/α,β-unsaturated/α-hetero) is 1. The van der Waals surface area contributed by atoms with E-state index in [1.807, 2.05) is 0 Å². The monoisotopic (exact) mass is 261 g/mol. The number of nitro groups is 1. The molecule has 0 aliphatic heterocycles. The van der Waals surface area contributed by atoms with Gasteiger partial charge in [0.15, 0.2) is 5.76 Å². The predicted molar refractivity (Wildman–Crippen MR) is 53.9 cm³/mol. The summed E-state index contributed by atoms with van der Waals surface area (Å²) < 4.78 is 40.5.